The fourth-order valence-corrected chi connectivity index (χ4v) is 4.30. The summed E-state index contributed by atoms with van der Waals surface area (Å²) in [5.41, 5.74) is 6.66. The van der Waals surface area contributed by atoms with E-state index in [0.29, 0.717) is 36.6 Å². The lowest BCUT2D eigenvalue weighted by atomic mass is 9.98. The maximum Gasteiger partial charge on any atom is 0.344 e. The van der Waals surface area contributed by atoms with Crippen LogP contribution in [0.15, 0.2) is 22.6 Å². The van der Waals surface area contributed by atoms with E-state index in [9.17, 15) is 13.2 Å². The van der Waals surface area contributed by atoms with E-state index in [1.165, 1.54) is 0 Å². The molecule has 0 unspecified atom stereocenters. The Morgan fingerprint density at radius 2 is 2.26 bits per heavy atom. The van der Waals surface area contributed by atoms with Crippen LogP contribution in [0.1, 0.15) is 44.6 Å². The minimum absolute atomic E-state index is 0.0839. The molecule has 9 heteroatoms. The lowest BCUT2D eigenvalue weighted by Gasteiger charge is -2.33. The predicted octanol–water partition coefficient (Wildman–Crippen LogP) is 1.87. The van der Waals surface area contributed by atoms with Crippen LogP contribution in [-0.2, 0) is 15.0 Å². The number of hydrogen-bond acceptors (Lipinski definition) is 5. The molecule has 3 N–H and O–H groups in total. The Bertz CT molecular complexity index is 838. The van der Waals surface area contributed by atoms with Crippen molar-refractivity contribution in [1.82, 2.24) is 4.90 Å². The van der Waals surface area contributed by atoms with Gasteiger partial charge in [-0.15, -0.1) is 4.40 Å². The Balaban J connectivity index is 1.65. The molecule has 0 spiro atoms. The summed E-state index contributed by atoms with van der Waals surface area (Å²) in [6.45, 7) is 4.01. The van der Waals surface area contributed by atoms with E-state index in [0.717, 1.165) is 32.2 Å². The fourth-order valence-electron chi connectivity index (χ4n) is 3.46. The topological polar surface area (TPSA) is 114 Å². The number of nitrogens with one attached hydrogen (secondary N) is 1. The molecule has 1 aromatic rings. The van der Waals surface area contributed by atoms with Gasteiger partial charge in [0, 0.05) is 25.4 Å². The monoisotopic (exact) mass is 394 g/mol. The number of amides is 1. The van der Waals surface area contributed by atoms with Gasteiger partial charge in [0.1, 0.15) is 5.75 Å². The van der Waals surface area contributed by atoms with Gasteiger partial charge in [-0.05, 0) is 31.4 Å². The minimum Gasteiger partial charge on any atom is -0.492 e. The first-order chi connectivity index (χ1) is 12.9. The quantitative estimate of drug-likeness (QED) is 0.764. The molecular formula is C18H26N4O4S. The van der Waals surface area contributed by atoms with Gasteiger partial charge in [-0.2, -0.15) is 8.42 Å². The van der Waals surface area contributed by atoms with Gasteiger partial charge in [0.05, 0.1) is 17.9 Å². The van der Waals surface area contributed by atoms with Gasteiger partial charge < -0.3 is 15.4 Å². The molecule has 0 aromatic heterocycles. The van der Waals surface area contributed by atoms with Crippen LogP contribution in [0.5, 0.6) is 5.75 Å². The summed E-state index contributed by atoms with van der Waals surface area (Å²) in [4.78, 5) is 14.2. The molecule has 0 saturated carbocycles. The Kier molecular flexibility index (Phi) is 5.88. The van der Waals surface area contributed by atoms with Crippen molar-refractivity contribution in [3.8, 4) is 5.75 Å². The number of rotatable bonds is 6. The van der Waals surface area contributed by atoms with Crippen molar-refractivity contribution in [3.05, 3.63) is 23.8 Å². The van der Waals surface area contributed by atoms with Gasteiger partial charge >= 0.3 is 10.2 Å². The maximum atomic E-state index is 12.3. The number of benzene rings is 1. The number of anilines is 1. The van der Waals surface area contributed by atoms with Crippen LogP contribution in [0.2, 0.25) is 0 Å². The zero-order valence-corrected chi connectivity index (χ0v) is 16.3. The molecule has 1 atom stereocenters. The van der Waals surface area contributed by atoms with Crippen molar-refractivity contribution in [1.29, 1.82) is 0 Å². The first-order valence-electron chi connectivity index (χ1n) is 9.31. The highest BCUT2D eigenvalue weighted by molar-refractivity contribution is 7.91. The molecule has 0 bridgehead atoms. The van der Waals surface area contributed by atoms with Crippen LogP contribution in [0, 0.1) is 5.92 Å². The Hall–Kier alpha value is -2.29. The summed E-state index contributed by atoms with van der Waals surface area (Å²) in [7, 11) is -3.81. The zero-order valence-electron chi connectivity index (χ0n) is 15.5. The number of likely N-dealkylation sites (tertiary alicyclic amines) is 1. The third-order valence-corrected chi connectivity index (χ3v) is 5.75. The first kappa shape index (κ1) is 19.5. The Morgan fingerprint density at radius 3 is 3.04 bits per heavy atom. The lowest BCUT2D eigenvalue weighted by molar-refractivity contribution is -0.133. The van der Waals surface area contributed by atoms with Crippen molar-refractivity contribution >= 4 is 27.6 Å². The van der Waals surface area contributed by atoms with Crippen molar-refractivity contribution in [2.75, 3.05) is 24.4 Å². The molecule has 1 saturated heterocycles. The minimum atomic E-state index is -3.81. The van der Waals surface area contributed by atoms with Crippen LogP contribution in [0.25, 0.3) is 0 Å². The van der Waals surface area contributed by atoms with Crippen LogP contribution in [0.3, 0.4) is 0 Å². The summed E-state index contributed by atoms with van der Waals surface area (Å²) in [6.07, 6.45) is 4.48. The number of nitrogens with two attached hydrogens (primary N) is 1. The van der Waals surface area contributed by atoms with E-state index >= 15 is 0 Å². The summed E-state index contributed by atoms with van der Waals surface area (Å²) >= 11 is 0. The van der Waals surface area contributed by atoms with Crippen molar-refractivity contribution in [2.45, 2.75) is 39.0 Å². The standard InChI is InChI=1S/C18H26N4O4S/c1-2-3-9-16(23)22-10-5-6-13(11-22)12-26-15-8-4-7-14-17(15)18(19)21-27(24,25)20-14/h4,7-8,13,20H,2-3,5-6,9-12H2,1H3,(H2,19,21)/t13-/m0/s1. The fraction of sp³-hybridized carbons (Fsp3) is 0.556. The highest BCUT2D eigenvalue weighted by Gasteiger charge is 2.26. The molecule has 1 fully saturated rings. The van der Waals surface area contributed by atoms with Gasteiger partial charge in [-0.1, -0.05) is 19.4 Å². The number of carbonyl (C=O) groups excluding carboxylic acids is 1. The van der Waals surface area contributed by atoms with Gasteiger partial charge in [0.15, 0.2) is 5.84 Å². The van der Waals surface area contributed by atoms with E-state index in [1.54, 1.807) is 18.2 Å². The summed E-state index contributed by atoms with van der Waals surface area (Å²) in [5, 5.41) is 0. The average molecular weight is 394 g/mol. The highest BCUT2D eigenvalue weighted by atomic mass is 32.2. The molecule has 1 amide bonds. The molecule has 3 rings (SSSR count). The van der Waals surface area contributed by atoms with E-state index in [1.807, 2.05) is 4.90 Å². The molecule has 2 heterocycles. The molecule has 0 radical (unpaired) electrons. The summed E-state index contributed by atoms with van der Waals surface area (Å²) in [5.74, 6) is 0.855. The predicted molar refractivity (Wildman–Crippen MR) is 104 cm³/mol. The molecule has 0 aliphatic carbocycles. The van der Waals surface area contributed by atoms with Crippen LogP contribution < -0.4 is 15.2 Å². The third-order valence-electron chi connectivity index (χ3n) is 4.83. The molecule has 27 heavy (non-hydrogen) atoms. The summed E-state index contributed by atoms with van der Waals surface area (Å²) < 4.78 is 35.1. The van der Waals surface area contributed by atoms with Gasteiger partial charge in [0.25, 0.3) is 0 Å². The Morgan fingerprint density at radius 1 is 1.44 bits per heavy atom. The Labute approximate surface area is 160 Å². The van der Waals surface area contributed by atoms with Crippen molar-refractivity contribution < 1.29 is 17.9 Å². The van der Waals surface area contributed by atoms with Crippen LogP contribution >= 0.6 is 0 Å². The van der Waals surface area contributed by atoms with Crippen molar-refractivity contribution in [3.63, 3.8) is 0 Å². The average Bonchev–Trinajstić information content (AvgIpc) is 2.63. The first-order valence-corrected chi connectivity index (χ1v) is 10.8. The number of ether oxygens (including phenoxy) is 1. The number of unbranched alkanes of at least 4 members (excludes halogenated alkanes) is 1. The van der Waals surface area contributed by atoms with E-state index in [-0.39, 0.29) is 17.7 Å². The normalized spacial score (nSPS) is 21.0. The molecule has 148 valence electrons. The lowest BCUT2D eigenvalue weighted by Crippen LogP contribution is -2.41. The summed E-state index contributed by atoms with van der Waals surface area (Å²) in [6, 6.07) is 5.07. The van der Waals surface area contributed by atoms with E-state index < -0.39 is 10.2 Å². The molecule has 8 nitrogen and oxygen atoms in total. The molecule has 2 aliphatic heterocycles. The second-order valence-electron chi connectivity index (χ2n) is 6.99. The number of hydrogen-bond donors (Lipinski definition) is 2. The molecule has 2 aliphatic rings. The second-order valence-corrected chi connectivity index (χ2v) is 8.33. The van der Waals surface area contributed by atoms with Gasteiger partial charge in [-0.3, -0.25) is 9.52 Å². The van der Waals surface area contributed by atoms with E-state index in [4.69, 9.17) is 10.5 Å². The number of nitrogens with zero attached hydrogens (tertiary/aromatic N) is 2. The largest absolute Gasteiger partial charge is 0.492 e. The maximum absolute atomic E-state index is 12.3. The third kappa shape index (κ3) is 4.71. The molecular weight excluding hydrogens is 368 g/mol. The highest BCUT2D eigenvalue weighted by Crippen LogP contribution is 2.31. The SMILES string of the molecule is CCCCC(=O)N1CCC[C@H](COc2cccc3c2C(N)=NS(=O)(=O)N3)C1. The number of carbonyl (C=O) groups is 1. The second kappa shape index (κ2) is 8.16. The van der Waals surface area contributed by atoms with Crippen molar-refractivity contribution in [2.24, 2.45) is 16.0 Å². The number of fused-ring (bicyclic) bond motifs is 1. The smallest absolute Gasteiger partial charge is 0.344 e. The van der Waals surface area contributed by atoms with Crippen LogP contribution in [-0.4, -0.2) is 44.8 Å². The van der Waals surface area contributed by atoms with Gasteiger partial charge in [0.2, 0.25) is 5.91 Å². The van der Waals surface area contributed by atoms with Gasteiger partial charge in [-0.25, -0.2) is 0 Å². The zero-order chi connectivity index (χ0) is 19.4. The van der Waals surface area contributed by atoms with E-state index in [2.05, 4.69) is 16.0 Å². The number of piperidine rings is 1. The molecule has 1 aromatic carbocycles. The van der Waals surface area contributed by atoms with Crippen LogP contribution in [0.4, 0.5) is 5.69 Å². The number of amidine groups is 1.